The number of nitrogens with one attached hydrogen (secondary N) is 1. The fourth-order valence-electron chi connectivity index (χ4n) is 4.35. The summed E-state index contributed by atoms with van der Waals surface area (Å²) < 4.78 is 0. The van der Waals surface area contributed by atoms with Gasteiger partial charge in [-0.25, -0.2) is 0 Å². The SMILES string of the molecule is CCCNC(=O)c1ccc(-c2ccc3c(c2)CCN(CCN2CCCC2)C3=O)cc1. The largest absolute Gasteiger partial charge is 0.352 e. The number of amides is 2. The summed E-state index contributed by atoms with van der Waals surface area (Å²) in [5, 5.41) is 2.90. The summed E-state index contributed by atoms with van der Waals surface area (Å²) in [6.07, 6.45) is 4.38. The van der Waals surface area contributed by atoms with Gasteiger partial charge >= 0.3 is 0 Å². The van der Waals surface area contributed by atoms with Crippen molar-refractivity contribution in [2.24, 2.45) is 0 Å². The standard InChI is InChI=1S/C25H31N3O2/c1-2-12-26-24(29)20-7-5-19(6-8-20)21-9-10-23-22(18-21)11-15-28(25(23)30)17-16-27-13-3-4-14-27/h5-10,18H,2-4,11-17H2,1H3,(H,26,29). The van der Waals surface area contributed by atoms with E-state index in [2.05, 4.69) is 16.3 Å². The van der Waals surface area contributed by atoms with E-state index in [9.17, 15) is 9.59 Å². The van der Waals surface area contributed by atoms with Gasteiger partial charge in [-0.15, -0.1) is 0 Å². The van der Waals surface area contributed by atoms with E-state index in [0.717, 1.165) is 54.7 Å². The Bertz CT molecular complexity index is 901. The molecule has 158 valence electrons. The van der Waals surface area contributed by atoms with E-state index in [1.807, 2.05) is 48.2 Å². The molecule has 4 rings (SSSR count). The van der Waals surface area contributed by atoms with Crippen molar-refractivity contribution in [2.45, 2.75) is 32.6 Å². The molecule has 0 saturated carbocycles. The van der Waals surface area contributed by atoms with Gasteiger partial charge in [-0.1, -0.05) is 31.2 Å². The second kappa shape index (κ2) is 9.43. The summed E-state index contributed by atoms with van der Waals surface area (Å²) in [5.74, 6) is 0.124. The third-order valence-corrected chi connectivity index (χ3v) is 6.17. The number of fused-ring (bicyclic) bond motifs is 1. The molecule has 2 amide bonds. The summed E-state index contributed by atoms with van der Waals surface area (Å²) in [7, 11) is 0. The zero-order valence-corrected chi connectivity index (χ0v) is 17.8. The second-order valence-corrected chi connectivity index (χ2v) is 8.30. The average Bonchev–Trinajstić information content (AvgIpc) is 3.30. The Morgan fingerprint density at radius 3 is 2.43 bits per heavy atom. The number of hydrogen-bond acceptors (Lipinski definition) is 3. The lowest BCUT2D eigenvalue weighted by atomic mass is 9.93. The van der Waals surface area contributed by atoms with Crippen LogP contribution in [0.1, 0.15) is 52.5 Å². The molecule has 1 saturated heterocycles. The molecule has 0 aromatic heterocycles. The number of carbonyl (C=O) groups excluding carboxylic acids is 2. The molecular weight excluding hydrogens is 374 g/mol. The predicted molar refractivity (Wildman–Crippen MR) is 120 cm³/mol. The summed E-state index contributed by atoms with van der Waals surface area (Å²) in [6.45, 7) is 7.66. The predicted octanol–water partition coefficient (Wildman–Crippen LogP) is 3.59. The van der Waals surface area contributed by atoms with Crippen molar-refractivity contribution in [2.75, 3.05) is 39.3 Å². The first-order chi connectivity index (χ1) is 14.7. The van der Waals surface area contributed by atoms with Gasteiger partial charge in [0.25, 0.3) is 11.8 Å². The van der Waals surface area contributed by atoms with Gasteiger partial charge in [0.05, 0.1) is 0 Å². The van der Waals surface area contributed by atoms with Crippen molar-refractivity contribution in [3.05, 3.63) is 59.2 Å². The molecule has 5 nitrogen and oxygen atoms in total. The van der Waals surface area contributed by atoms with Crippen LogP contribution in [0.15, 0.2) is 42.5 Å². The summed E-state index contributed by atoms with van der Waals surface area (Å²) in [4.78, 5) is 29.5. The van der Waals surface area contributed by atoms with Crippen LogP contribution < -0.4 is 5.32 Å². The van der Waals surface area contributed by atoms with Gasteiger partial charge in [0, 0.05) is 37.3 Å². The van der Waals surface area contributed by atoms with Crippen molar-refractivity contribution in [1.29, 1.82) is 0 Å². The Hall–Kier alpha value is -2.66. The molecule has 0 bridgehead atoms. The van der Waals surface area contributed by atoms with Gasteiger partial charge in [0.15, 0.2) is 0 Å². The molecule has 1 N–H and O–H groups in total. The highest BCUT2D eigenvalue weighted by molar-refractivity contribution is 5.97. The Labute approximate surface area is 179 Å². The van der Waals surface area contributed by atoms with Crippen LogP contribution in [0.3, 0.4) is 0 Å². The Morgan fingerprint density at radius 1 is 0.967 bits per heavy atom. The number of likely N-dealkylation sites (tertiary alicyclic amines) is 1. The maximum Gasteiger partial charge on any atom is 0.254 e. The van der Waals surface area contributed by atoms with Gasteiger partial charge in [0.1, 0.15) is 0 Å². The molecular formula is C25H31N3O2. The van der Waals surface area contributed by atoms with Gasteiger partial charge in [-0.2, -0.15) is 0 Å². The second-order valence-electron chi connectivity index (χ2n) is 8.30. The van der Waals surface area contributed by atoms with Gasteiger partial charge < -0.3 is 15.1 Å². The molecule has 5 heteroatoms. The minimum atomic E-state index is -0.0338. The van der Waals surface area contributed by atoms with E-state index in [1.165, 1.54) is 25.9 Å². The number of hydrogen-bond donors (Lipinski definition) is 1. The van der Waals surface area contributed by atoms with E-state index >= 15 is 0 Å². The van der Waals surface area contributed by atoms with Crippen LogP contribution >= 0.6 is 0 Å². The lowest BCUT2D eigenvalue weighted by Crippen LogP contribution is -2.42. The molecule has 2 aliphatic rings. The molecule has 0 aliphatic carbocycles. The number of carbonyl (C=O) groups is 2. The quantitative estimate of drug-likeness (QED) is 0.766. The number of benzene rings is 2. The van der Waals surface area contributed by atoms with Crippen LogP contribution in [-0.2, 0) is 6.42 Å². The van der Waals surface area contributed by atoms with Crippen LogP contribution in [0.4, 0.5) is 0 Å². The van der Waals surface area contributed by atoms with E-state index in [1.54, 1.807) is 0 Å². The Morgan fingerprint density at radius 2 is 1.70 bits per heavy atom. The summed E-state index contributed by atoms with van der Waals surface area (Å²) in [6, 6.07) is 13.8. The van der Waals surface area contributed by atoms with Crippen molar-refractivity contribution in [1.82, 2.24) is 15.1 Å². The molecule has 0 unspecified atom stereocenters. The van der Waals surface area contributed by atoms with E-state index in [4.69, 9.17) is 0 Å². The zero-order valence-electron chi connectivity index (χ0n) is 17.8. The topological polar surface area (TPSA) is 52.7 Å². The molecule has 2 aromatic rings. The molecule has 2 aliphatic heterocycles. The average molecular weight is 406 g/mol. The molecule has 2 heterocycles. The molecule has 2 aromatic carbocycles. The van der Waals surface area contributed by atoms with Crippen LogP contribution in [-0.4, -0.2) is 60.9 Å². The monoisotopic (exact) mass is 405 g/mol. The van der Waals surface area contributed by atoms with Crippen molar-refractivity contribution < 1.29 is 9.59 Å². The number of nitrogens with zero attached hydrogens (tertiary/aromatic N) is 2. The van der Waals surface area contributed by atoms with Crippen LogP contribution in [0.5, 0.6) is 0 Å². The summed E-state index contributed by atoms with van der Waals surface area (Å²) >= 11 is 0. The smallest absolute Gasteiger partial charge is 0.254 e. The van der Waals surface area contributed by atoms with Crippen LogP contribution in [0, 0.1) is 0 Å². The third-order valence-electron chi connectivity index (χ3n) is 6.17. The molecule has 30 heavy (non-hydrogen) atoms. The first kappa shape index (κ1) is 20.6. The third kappa shape index (κ3) is 4.57. The van der Waals surface area contributed by atoms with E-state index < -0.39 is 0 Å². The van der Waals surface area contributed by atoms with Crippen LogP contribution in [0.2, 0.25) is 0 Å². The van der Waals surface area contributed by atoms with E-state index in [-0.39, 0.29) is 11.8 Å². The van der Waals surface area contributed by atoms with Gasteiger partial charge in [-0.05, 0) is 73.7 Å². The lowest BCUT2D eigenvalue weighted by Gasteiger charge is -2.30. The zero-order chi connectivity index (χ0) is 20.9. The Balaban J connectivity index is 1.43. The van der Waals surface area contributed by atoms with Crippen molar-refractivity contribution in [3.63, 3.8) is 0 Å². The van der Waals surface area contributed by atoms with E-state index in [0.29, 0.717) is 12.1 Å². The maximum atomic E-state index is 12.9. The minimum absolute atomic E-state index is 0.0338. The molecule has 0 spiro atoms. The van der Waals surface area contributed by atoms with Gasteiger partial charge in [0.2, 0.25) is 0 Å². The van der Waals surface area contributed by atoms with Crippen molar-refractivity contribution >= 4 is 11.8 Å². The summed E-state index contributed by atoms with van der Waals surface area (Å²) in [5.41, 5.74) is 4.79. The highest BCUT2D eigenvalue weighted by atomic mass is 16.2. The lowest BCUT2D eigenvalue weighted by molar-refractivity contribution is 0.0724. The minimum Gasteiger partial charge on any atom is -0.352 e. The first-order valence-corrected chi connectivity index (χ1v) is 11.2. The highest BCUT2D eigenvalue weighted by Crippen LogP contribution is 2.27. The normalized spacial score (nSPS) is 16.6. The fraction of sp³-hybridized carbons (Fsp3) is 0.440. The maximum absolute atomic E-state index is 12.9. The Kier molecular flexibility index (Phi) is 6.48. The highest BCUT2D eigenvalue weighted by Gasteiger charge is 2.25. The van der Waals surface area contributed by atoms with Crippen molar-refractivity contribution in [3.8, 4) is 11.1 Å². The molecule has 0 radical (unpaired) electrons. The van der Waals surface area contributed by atoms with Crippen LogP contribution in [0.25, 0.3) is 11.1 Å². The molecule has 1 fully saturated rings. The van der Waals surface area contributed by atoms with Gasteiger partial charge in [-0.3, -0.25) is 9.59 Å². The fourth-order valence-corrected chi connectivity index (χ4v) is 4.35. The molecule has 0 atom stereocenters. The first-order valence-electron chi connectivity index (χ1n) is 11.2. The number of rotatable bonds is 7.